The van der Waals surface area contributed by atoms with Gasteiger partial charge in [-0.1, -0.05) is 32.9 Å². The molecule has 0 bridgehead atoms. The van der Waals surface area contributed by atoms with E-state index in [2.05, 4.69) is 22.2 Å². The maximum atomic E-state index is 14.5. The lowest BCUT2D eigenvalue weighted by Crippen LogP contribution is -2.59. The second-order valence-corrected chi connectivity index (χ2v) is 14.6. The number of amides is 3. The summed E-state index contributed by atoms with van der Waals surface area (Å²) in [6.07, 6.45) is 3.81. The van der Waals surface area contributed by atoms with Gasteiger partial charge in [-0.2, -0.15) is 0 Å². The number of hydrogen-bond donors (Lipinski definition) is 2. The highest BCUT2D eigenvalue weighted by Crippen LogP contribution is 2.45. The predicted molar refractivity (Wildman–Crippen MR) is 183 cm³/mol. The number of esters is 2. The molecular weight excluding hydrogens is 644 g/mol. The summed E-state index contributed by atoms with van der Waals surface area (Å²) in [5.41, 5.74) is 0.375. The molecular formula is C37H48N4O9. The van der Waals surface area contributed by atoms with Crippen LogP contribution in [0.5, 0.6) is 5.75 Å². The molecule has 0 radical (unpaired) electrons. The van der Waals surface area contributed by atoms with E-state index < -0.39 is 59.0 Å². The summed E-state index contributed by atoms with van der Waals surface area (Å²) in [5, 5.41) is 6.28. The Morgan fingerprint density at radius 1 is 1.06 bits per heavy atom. The quantitative estimate of drug-likeness (QED) is 0.209. The van der Waals surface area contributed by atoms with E-state index in [1.165, 1.54) is 25.2 Å². The number of rotatable bonds is 10. The summed E-state index contributed by atoms with van der Waals surface area (Å²) >= 11 is 0. The summed E-state index contributed by atoms with van der Waals surface area (Å²) < 4.78 is 22.1. The molecule has 3 aliphatic rings. The fourth-order valence-electron chi connectivity index (χ4n) is 6.97. The zero-order valence-electron chi connectivity index (χ0n) is 29.9. The van der Waals surface area contributed by atoms with Gasteiger partial charge in [-0.3, -0.25) is 9.59 Å². The molecule has 5 rings (SSSR count). The van der Waals surface area contributed by atoms with E-state index in [4.69, 9.17) is 18.9 Å². The Kier molecular flexibility index (Phi) is 10.5. The summed E-state index contributed by atoms with van der Waals surface area (Å²) in [6, 6.07) is 3.13. The average molecular weight is 693 g/mol. The molecule has 2 N–H and O–H groups in total. The van der Waals surface area contributed by atoms with Crippen LogP contribution in [0.4, 0.5) is 4.79 Å². The molecule has 50 heavy (non-hydrogen) atoms. The van der Waals surface area contributed by atoms with Gasteiger partial charge in [0, 0.05) is 23.8 Å². The minimum atomic E-state index is -1.29. The topological polar surface area (TPSA) is 162 Å². The van der Waals surface area contributed by atoms with Gasteiger partial charge >= 0.3 is 18.0 Å². The SMILES string of the molecule is C=C[C@@H]1C[C@]1(NC(=O)[C@@H]1C[C@@H](Oc2cc(C(=O)OC)nc3c(C)c(C)ccc23)CN1C(=O)[C@@H](NC(=O)OC1CCCC1)C(C)(C)C)C(=O)OC. The molecule has 2 heterocycles. The van der Waals surface area contributed by atoms with Crippen molar-refractivity contribution in [2.24, 2.45) is 11.3 Å². The van der Waals surface area contributed by atoms with E-state index in [0.29, 0.717) is 23.1 Å². The molecule has 2 aromatic rings. The van der Waals surface area contributed by atoms with Crippen molar-refractivity contribution < 1.29 is 42.9 Å². The molecule has 13 heteroatoms. The number of likely N-dealkylation sites (tertiary alicyclic amines) is 1. The van der Waals surface area contributed by atoms with Gasteiger partial charge in [0.25, 0.3) is 0 Å². The lowest BCUT2D eigenvalue weighted by molar-refractivity contribution is -0.148. The molecule has 5 atom stereocenters. The standard InChI is InChI=1S/C37H48N4O9/c1-9-22-18-37(22,34(45)48-8)40-31(42)27-16-24(49-28-17-26(33(44)47-7)38-29-21(3)20(2)14-15-25(28)29)19-41(27)32(43)30(36(4,5)6)39-35(46)50-23-12-10-11-13-23/h9,14-15,17,22-24,27,30H,1,10-13,16,18-19H2,2-8H3,(H,39,46)(H,40,42)/t22-,24-,27+,30-,37-/m1/s1. The number of nitrogens with zero attached hydrogens (tertiary/aromatic N) is 2. The number of methoxy groups -OCH3 is 2. The van der Waals surface area contributed by atoms with Crippen LogP contribution in [0.1, 0.15) is 80.9 Å². The Labute approximate surface area is 292 Å². The lowest BCUT2D eigenvalue weighted by Gasteiger charge is -2.35. The van der Waals surface area contributed by atoms with Gasteiger partial charge in [0.2, 0.25) is 11.8 Å². The number of fused-ring (bicyclic) bond motifs is 1. The van der Waals surface area contributed by atoms with E-state index in [1.807, 2.05) is 46.8 Å². The molecule has 1 saturated heterocycles. The zero-order chi connectivity index (χ0) is 36.5. The normalized spacial score (nSPS) is 23.9. The van der Waals surface area contributed by atoms with Crippen LogP contribution in [0.25, 0.3) is 10.9 Å². The highest BCUT2D eigenvalue weighted by molar-refractivity contribution is 5.97. The molecule has 0 unspecified atom stereocenters. The maximum absolute atomic E-state index is 14.5. The largest absolute Gasteiger partial charge is 0.488 e. The predicted octanol–water partition coefficient (Wildman–Crippen LogP) is 4.30. The number of hydrogen-bond acceptors (Lipinski definition) is 10. The van der Waals surface area contributed by atoms with Gasteiger partial charge in [0.15, 0.2) is 5.69 Å². The molecule has 1 aromatic carbocycles. The van der Waals surface area contributed by atoms with Crippen molar-refractivity contribution >= 4 is 40.7 Å². The number of carbonyl (C=O) groups excluding carboxylic acids is 5. The molecule has 13 nitrogen and oxygen atoms in total. The number of benzene rings is 1. The summed E-state index contributed by atoms with van der Waals surface area (Å²) in [4.78, 5) is 73.0. The van der Waals surface area contributed by atoms with E-state index >= 15 is 0 Å². The van der Waals surface area contributed by atoms with Crippen LogP contribution in [0.3, 0.4) is 0 Å². The van der Waals surface area contributed by atoms with E-state index in [0.717, 1.165) is 36.8 Å². The van der Waals surface area contributed by atoms with Crippen LogP contribution >= 0.6 is 0 Å². The average Bonchev–Trinajstić information content (AvgIpc) is 3.35. The van der Waals surface area contributed by atoms with Crippen LogP contribution < -0.4 is 15.4 Å². The lowest BCUT2D eigenvalue weighted by atomic mass is 9.85. The fraction of sp³-hybridized carbons (Fsp3) is 0.568. The third-order valence-corrected chi connectivity index (χ3v) is 10.2. The van der Waals surface area contributed by atoms with Crippen molar-refractivity contribution in [2.45, 2.75) is 103 Å². The highest BCUT2D eigenvalue weighted by Gasteiger charge is 2.62. The second-order valence-electron chi connectivity index (χ2n) is 14.6. The second kappa shape index (κ2) is 14.3. The first-order valence-corrected chi connectivity index (χ1v) is 17.1. The number of alkyl carbamates (subject to hydrolysis) is 1. The number of ether oxygens (including phenoxy) is 4. The number of pyridine rings is 1. The Balaban J connectivity index is 1.48. The molecule has 2 saturated carbocycles. The summed E-state index contributed by atoms with van der Waals surface area (Å²) in [6.45, 7) is 13.0. The number of aromatic nitrogens is 1. The van der Waals surface area contributed by atoms with Crippen LogP contribution in [-0.4, -0.2) is 90.3 Å². The minimum absolute atomic E-state index is 0.0266. The highest BCUT2D eigenvalue weighted by atomic mass is 16.6. The monoisotopic (exact) mass is 692 g/mol. The van der Waals surface area contributed by atoms with Gasteiger partial charge in [0.1, 0.15) is 35.6 Å². The summed E-state index contributed by atoms with van der Waals surface area (Å²) in [5.74, 6) is -2.32. The molecule has 1 aromatic heterocycles. The minimum Gasteiger partial charge on any atom is -0.488 e. The fourth-order valence-corrected chi connectivity index (χ4v) is 6.97. The number of aryl methyl sites for hydroxylation is 2. The summed E-state index contributed by atoms with van der Waals surface area (Å²) in [7, 11) is 2.52. The molecule has 1 aliphatic heterocycles. The van der Waals surface area contributed by atoms with Gasteiger partial charge in [-0.25, -0.2) is 19.4 Å². The van der Waals surface area contributed by atoms with E-state index in [9.17, 15) is 24.0 Å². The molecule has 3 amide bonds. The Bertz CT molecular complexity index is 1700. The van der Waals surface area contributed by atoms with E-state index in [1.54, 1.807) is 6.08 Å². The first kappa shape index (κ1) is 36.6. The maximum Gasteiger partial charge on any atom is 0.408 e. The Hall–Kier alpha value is -4.68. The van der Waals surface area contributed by atoms with Gasteiger partial charge in [0.05, 0.1) is 26.3 Å². The van der Waals surface area contributed by atoms with Crippen LogP contribution in [0.2, 0.25) is 0 Å². The Morgan fingerprint density at radius 2 is 1.76 bits per heavy atom. The van der Waals surface area contributed by atoms with Crippen molar-refractivity contribution in [2.75, 3.05) is 20.8 Å². The first-order chi connectivity index (χ1) is 23.6. The third kappa shape index (κ3) is 7.27. The van der Waals surface area contributed by atoms with Crippen molar-refractivity contribution in [3.05, 3.63) is 47.7 Å². The molecule has 2 aliphatic carbocycles. The number of nitrogens with one attached hydrogen (secondary N) is 2. The van der Waals surface area contributed by atoms with Crippen LogP contribution in [0.15, 0.2) is 30.9 Å². The zero-order valence-corrected chi connectivity index (χ0v) is 29.9. The number of carbonyl (C=O) groups is 5. The van der Waals surface area contributed by atoms with Crippen LogP contribution in [-0.2, 0) is 28.6 Å². The van der Waals surface area contributed by atoms with Crippen molar-refractivity contribution in [1.29, 1.82) is 0 Å². The molecule has 0 spiro atoms. The van der Waals surface area contributed by atoms with Crippen LogP contribution in [0, 0.1) is 25.2 Å². The molecule has 3 fully saturated rings. The van der Waals surface area contributed by atoms with E-state index in [-0.39, 0.29) is 30.7 Å². The first-order valence-electron chi connectivity index (χ1n) is 17.1. The van der Waals surface area contributed by atoms with Gasteiger partial charge in [-0.05, 0) is 68.6 Å². The Morgan fingerprint density at radius 3 is 2.36 bits per heavy atom. The van der Waals surface area contributed by atoms with Gasteiger partial charge in [-0.15, -0.1) is 6.58 Å². The smallest absolute Gasteiger partial charge is 0.408 e. The van der Waals surface area contributed by atoms with Gasteiger partial charge < -0.3 is 34.5 Å². The van der Waals surface area contributed by atoms with Crippen molar-refractivity contribution in [3.8, 4) is 5.75 Å². The van der Waals surface area contributed by atoms with Crippen molar-refractivity contribution in [3.63, 3.8) is 0 Å². The third-order valence-electron chi connectivity index (χ3n) is 10.2. The van der Waals surface area contributed by atoms with Crippen molar-refractivity contribution in [1.82, 2.24) is 20.5 Å². The molecule has 270 valence electrons.